The summed E-state index contributed by atoms with van der Waals surface area (Å²) in [5.41, 5.74) is 5.10. The fourth-order valence-corrected chi connectivity index (χ4v) is 5.80. The highest BCUT2D eigenvalue weighted by Crippen LogP contribution is 2.32. The summed E-state index contributed by atoms with van der Waals surface area (Å²) in [6.45, 7) is 4.57. The number of anilines is 1. The predicted molar refractivity (Wildman–Crippen MR) is 166 cm³/mol. The summed E-state index contributed by atoms with van der Waals surface area (Å²) >= 11 is 0. The lowest BCUT2D eigenvalue weighted by atomic mass is 9.87. The van der Waals surface area contributed by atoms with E-state index in [1.807, 2.05) is 35.2 Å². The highest BCUT2D eigenvalue weighted by Gasteiger charge is 2.28. The van der Waals surface area contributed by atoms with Crippen LogP contribution in [0.25, 0.3) is 0 Å². The first-order valence-electron chi connectivity index (χ1n) is 15.2. The van der Waals surface area contributed by atoms with Crippen LogP contribution in [0.2, 0.25) is 0 Å². The van der Waals surface area contributed by atoms with Crippen LogP contribution in [0.1, 0.15) is 53.9 Å². The largest absolute Gasteiger partial charge is 0.493 e. The summed E-state index contributed by atoms with van der Waals surface area (Å²) < 4.78 is 23.4. The number of carbonyl (C=O) groups excluding carboxylic acids is 1. The van der Waals surface area contributed by atoms with E-state index in [0.717, 1.165) is 49.4 Å². The normalized spacial score (nSPS) is 18.1. The van der Waals surface area contributed by atoms with Crippen LogP contribution >= 0.6 is 0 Å². The number of amides is 1. The molecule has 0 aromatic heterocycles. The fourth-order valence-electron chi connectivity index (χ4n) is 5.80. The van der Waals surface area contributed by atoms with E-state index in [1.54, 1.807) is 13.2 Å². The van der Waals surface area contributed by atoms with Gasteiger partial charge in [-0.1, -0.05) is 36.4 Å². The highest BCUT2D eigenvalue weighted by molar-refractivity contribution is 5.96. The van der Waals surface area contributed by atoms with Crippen molar-refractivity contribution in [2.75, 3.05) is 51.5 Å². The molecule has 3 aromatic rings. The van der Waals surface area contributed by atoms with Crippen LogP contribution < -0.4 is 19.7 Å². The molecule has 0 spiro atoms. The van der Waals surface area contributed by atoms with E-state index in [2.05, 4.69) is 41.7 Å². The molecule has 5 rings (SSSR count). The third kappa shape index (κ3) is 8.14. The molecule has 1 N–H and O–H groups in total. The molecule has 0 saturated carbocycles. The number of benzene rings is 3. The molecule has 0 bridgehead atoms. The minimum Gasteiger partial charge on any atom is -0.493 e. The van der Waals surface area contributed by atoms with Gasteiger partial charge in [-0.25, -0.2) is 0 Å². The topological polar surface area (TPSA) is 93.1 Å². The van der Waals surface area contributed by atoms with Crippen molar-refractivity contribution in [1.29, 1.82) is 5.26 Å². The number of nitrogens with one attached hydrogen (secondary N) is 1. The number of nitrogens with zero attached hydrogens (tertiary/aromatic N) is 2. The average Bonchev–Trinajstić information content (AvgIpc) is 3.05. The summed E-state index contributed by atoms with van der Waals surface area (Å²) in [5, 5.41) is 12.7. The SMILES string of the molecule is COCCCN1C(=O)CCc2ccc(CO[C@H]3CNCC[C@@H]3c3ccc(OCCCOc4ccccc4C#N)cc3)cc21. The fraction of sp³-hybridized carbons (Fsp3) is 0.429. The van der Waals surface area contributed by atoms with E-state index in [-0.39, 0.29) is 17.9 Å². The van der Waals surface area contributed by atoms with Gasteiger partial charge in [-0.05, 0) is 72.8 Å². The van der Waals surface area contributed by atoms with Crippen molar-refractivity contribution < 1.29 is 23.7 Å². The zero-order valence-electron chi connectivity index (χ0n) is 24.9. The van der Waals surface area contributed by atoms with Gasteiger partial charge in [0.1, 0.15) is 17.6 Å². The van der Waals surface area contributed by atoms with Crippen molar-refractivity contribution >= 4 is 11.6 Å². The van der Waals surface area contributed by atoms with Gasteiger partial charge >= 0.3 is 0 Å². The molecule has 2 atom stereocenters. The lowest BCUT2D eigenvalue weighted by Gasteiger charge is -2.33. The van der Waals surface area contributed by atoms with Crippen LogP contribution in [0.15, 0.2) is 66.7 Å². The number of aryl methyl sites for hydroxylation is 1. The van der Waals surface area contributed by atoms with Crippen molar-refractivity contribution in [3.8, 4) is 17.6 Å². The number of hydrogen-bond donors (Lipinski definition) is 1. The Balaban J connectivity index is 1.13. The number of hydrogen-bond acceptors (Lipinski definition) is 7. The Labute approximate surface area is 254 Å². The zero-order chi connectivity index (χ0) is 29.9. The van der Waals surface area contributed by atoms with E-state index in [4.69, 9.17) is 18.9 Å². The monoisotopic (exact) mass is 583 g/mol. The van der Waals surface area contributed by atoms with E-state index >= 15 is 0 Å². The molecule has 1 saturated heterocycles. The molecular formula is C35H41N3O5. The van der Waals surface area contributed by atoms with Crippen LogP contribution in [0.5, 0.6) is 11.5 Å². The quantitative estimate of drug-likeness (QED) is 0.255. The molecule has 43 heavy (non-hydrogen) atoms. The van der Waals surface area contributed by atoms with Crippen molar-refractivity contribution in [2.24, 2.45) is 0 Å². The summed E-state index contributed by atoms with van der Waals surface area (Å²) in [7, 11) is 1.69. The van der Waals surface area contributed by atoms with Gasteiger partial charge in [0.05, 0.1) is 31.5 Å². The number of para-hydroxylation sites is 1. The Bertz CT molecular complexity index is 1390. The molecule has 0 aliphatic carbocycles. The molecule has 0 unspecified atom stereocenters. The molecule has 0 radical (unpaired) electrons. The van der Waals surface area contributed by atoms with Gasteiger partial charge in [-0.2, -0.15) is 5.26 Å². The first-order valence-corrected chi connectivity index (χ1v) is 15.2. The Morgan fingerprint density at radius 2 is 1.81 bits per heavy atom. The summed E-state index contributed by atoms with van der Waals surface area (Å²) in [5.74, 6) is 1.90. The van der Waals surface area contributed by atoms with Crippen molar-refractivity contribution in [2.45, 2.75) is 50.7 Å². The molecule has 8 nitrogen and oxygen atoms in total. The maximum absolute atomic E-state index is 12.7. The first kappa shape index (κ1) is 30.6. The maximum Gasteiger partial charge on any atom is 0.227 e. The minimum absolute atomic E-state index is 0.0458. The van der Waals surface area contributed by atoms with Gasteiger partial charge in [-0.3, -0.25) is 4.79 Å². The van der Waals surface area contributed by atoms with Gasteiger partial charge < -0.3 is 29.2 Å². The van der Waals surface area contributed by atoms with E-state index in [9.17, 15) is 10.1 Å². The predicted octanol–water partition coefficient (Wildman–Crippen LogP) is 5.38. The third-order valence-corrected chi connectivity index (χ3v) is 8.10. The molecule has 1 fully saturated rings. The smallest absolute Gasteiger partial charge is 0.227 e. The Morgan fingerprint density at radius 3 is 2.65 bits per heavy atom. The molecule has 226 valence electrons. The molecule has 1 amide bonds. The second-order valence-corrected chi connectivity index (χ2v) is 11.0. The number of nitriles is 1. The van der Waals surface area contributed by atoms with Crippen molar-refractivity contribution in [1.82, 2.24) is 5.32 Å². The molecule has 8 heteroatoms. The van der Waals surface area contributed by atoms with Crippen LogP contribution in [0, 0.1) is 11.3 Å². The van der Waals surface area contributed by atoms with Gasteiger partial charge in [0.15, 0.2) is 0 Å². The first-order chi connectivity index (χ1) is 21.2. The Morgan fingerprint density at radius 1 is 0.977 bits per heavy atom. The van der Waals surface area contributed by atoms with Crippen molar-refractivity contribution in [3.63, 3.8) is 0 Å². The Hall–Kier alpha value is -3.90. The second-order valence-electron chi connectivity index (χ2n) is 11.0. The molecule has 2 aliphatic heterocycles. The van der Waals surface area contributed by atoms with Crippen LogP contribution in [0.3, 0.4) is 0 Å². The van der Waals surface area contributed by atoms with Crippen LogP contribution in [0.4, 0.5) is 5.69 Å². The Kier molecular flexibility index (Phi) is 11.0. The third-order valence-electron chi connectivity index (χ3n) is 8.10. The summed E-state index contributed by atoms with van der Waals surface area (Å²) in [6.07, 6.45) is 3.92. The summed E-state index contributed by atoms with van der Waals surface area (Å²) in [6, 6.07) is 24.2. The summed E-state index contributed by atoms with van der Waals surface area (Å²) in [4.78, 5) is 14.6. The number of ether oxygens (including phenoxy) is 4. The van der Waals surface area contributed by atoms with Gasteiger partial charge in [0.25, 0.3) is 0 Å². The number of methoxy groups -OCH3 is 1. The second kappa shape index (κ2) is 15.5. The molecular weight excluding hydrogens is 542 g/mol. The van der Waals surface area contributed by atoms with Crippen molar-refractivity contribution in [3.05, 3.63) is 89.0 Å². The zero-order valence-corrected chi connectivity index (χ0v) is 24.9. The lowest BCUT2D eigenvalue weighted by molar-refractivity contribution is -0.118. The van der Waals surface area contributed by atoms with Gasteiger partial charge in [-0.15, -0.1) is 0 Å². The van der Waals surface area contributed by atoms with Gasteiger partial charge in [0.2, 0.25) is 5.91 Å². The molecule has 3 aromatic carbocycles. The number of rotatable bonds is 14. The maximum atomic E-state index is 12.7. The van der Waals surface area contributed by atoms with Gasteiger partial charge in [0, 0.05) is 51.3 Å². The lowest BCUT2D eigenvalue weighted by Crippen LogP contribution is -2.41. The number of fused-ring (bicyclic) bond motifs is 1. The van der Waals surface area contributed by atoms with Crippen LogP contribution in [-0.4, -0.2) is 58.6 Å². The molecule has 2 heterocycles. The molecule has 2 aliphatic rings. The van der Waals surface area contributed by atoms with E-state index < -0.39 is 0 Å². The van der Waals surface area contributed by atoms with E-state index in [0.29, 0.717) is 57.1 Å². The minimum atomic E-state index is 0.0458. The van der Waals surface area contributed by atoms with Crippen LogP contribution in [-0.2, 0) is 27.3 Å². The number of piperidine rings is 1. The van der Waals surface area contributed by atoms with E-state index in [1.165, 1.54) is 11.1 Å². The highest BCUT2D eigenvalue weighted by atomic mass is 16.5. The number of carbonyl (C=O) groups is 1. The average molecular weight is 584 g/mol. The standard InChI is InChI=1S/C35H41N3O5/c1-40-19-4-18-38-32-22-26(8-9-28(32)12-15-35(38)39)25-43-34-24-37-17-16-31(34)27-10-13-30(14-11-27)41-20-5-21-42-33-7-3-2-6-29(33)23-36/h2-3,6-11,13-14,22,31,34,37H,4-5,12,15-21,24-25H2,1H3/t31-,34+/m1/s1.